The van der Waals surface area contributed by atoms with E-state index in [9.17, 15) is 19.2 Å². The van der Waals surface area contributed by atoms with Crippen molar-refractivity contribution in [3.8, 4) is 0 Å². The third-order valence-corrected chi connectivity index (χ3v) is 6.47. The molecular formula is C20H25NO6Si. The van der Waals surface area contributed by atoms with E-state index in [2.05, 4.69) is 0 Å². The first-order chi connectivity index (χ1) is 13.0. The van der Waals surface area contributed by atoms with E-state index in [4.69, 9.17) is 9.53 Å². The van der Waals surface area contributed by atoms with Crippen LogP contribution in [0.1, 0.15) is 29.3 Å². The van der Waals surface area contributed by atoms with Gasteiger partial charge in [0.05, 0.1) is 18.1 Å². The summed E-state index contributed by atoms with van der Waals surface area (Å²) in [7, 11) is -1.98. The number of amides is 2. The van der Waals surface area contributed by atoms with Crippen molar-refractivity contribution in [3.63, 3.8) is 0 Å². The molecule has 0 saturated carbocycles. The van der Waals surface area contributed by atoms with E-state index in [1.165, 1.54) is 0 Å². The zero-order valence-electron chi connectivity index (χ0n) is 16.5. The number of hydrogen-bond donors (Lipinski definition) is 1. The quantitative estimate of drug-likeness (QED) is 0.469. The zero-order valence-corrected chi connectivity index (χ0v) is 17.5. The largest absolute Gasteiger partial charge is 0.474 e. The topological polar surface area (TPSA) is 101 Å². The lowest BCUT2D eigenvalue weighted by Crippen LogP contribution is -2.71. The van der Waals surface area contributed by atoms with E-state index in [0.717, 1.165) is 10.5 Å². The molecule has 3 rings (SSSR count). The van der Waals surface area contributed by atoms with Gasteiger partial charge in [-0.05, 0) is 45.0 Å². The number of aliphatic carboxylic acids is 1. The van der Waals surface area contributed by atoms with Gasteiger partial charge in [0, 0.05) is 11.5 Å². The second kappa shape index (κ2) is 7.25. The van der Waals surface area contributed by atoms with E-state index in [0.29, 0.717) is 18.4 Å². The van der Waals surface area contributed by atoms with Crippen LogP contribution < -0.4 is 0 Å². The van der Waals surface area contributed by atoms with Crippen molar-refractivity contribution in [2.75, 3.05) is 0 Å². The van der Waals surface area contributed by atoms with Gasteiger partial charge >= 0.3 is 11.9 Å². The van der Waals surface area contributed by atoms with Crippen molar-refractivity contribution in [2.24, 2.45) is 11.8 Å². The number of hydrogen-bond acceptors (Lipinski definition) is 5. The van der Waals surface area contributed by atoms with Gasteiger partial charge in [0.15, 0.2) is 14.1 Å². The first-order valence-corrected chi connectivity index (χ1v) is 12.8. The van der Waals surface area contributed by atoms with Gasteiger partial charge in [-0.3, -0.25) is 19.3 Å². The molecule has 150 valence electrons. The Balaban J connectivity index is 1.95. The second-order valence-corrected chi connectivity index (χ2v) is 12.9. The van der Waals surface area contributed by atoms with Crippen molar-refractivity contribution in [1.29, 1.82) is 0 Å². The number of rotatable bonds is 4. The molecule has 0 unspecified atom stereocenters. The van der Waals surface area contributed by atoms with Gasteiger partial charge in [-0.15, -0.1) is 0 Å². The van der Waals surface area contributed by atoms with Crippen LogP contribution in [-0.4, -0.2) is 54.0 Å². The molecule has 1 aromatic rings. The maximum absolute atomic E-state index is 13.1. The fourth-order valence-electron chi connectivity index (χ4n) is 4.36. The molecular weight excluding hydrogens is 378 g/mol. The number of nitrogens with zero attached hydrogens (tertiary/aromatic N) is 1. The molecule has 2 amide bonds. The number of imide groups is 1. The SMILES string of the molecule is C[C@@H](O[Si](C)(C)C)[C@H]1C(=O)N(C(=O)C(=O)O)[C@@H]1[C@H]1CCc2ccccc2C1=O. The Morgan fingerprint density at radius 3 is 2.46 bits per heavy atom. The highest BCUT2D eigenvalue weighted by Crippen LogP contribution is 2.41. The maximum Gasteiger partial charge on any atom is 0.395 e. The van der Waals surface area contributed by atoms with Crippen molar-refractivity contribution >= 4 is 31.9 Å². The average Bonchev–Trinajstić information content (AvgIpc) is 2.59. The monoisotopic (exact) mass is 403 g/mol. The molecule has 1 heterocycles. The highest BCUT2D eigenvalue weighted by Gasteiger charge is 2.59. The first-order valence-electron chi connectivity index (χ1n) is 9.43. The summed E-state index contributed by atoms with van der Waals surface area (Å²) < 4.78 is 6.05. The number of aryl methyl sites for hydroxylation is 1. The number of ketones is 1. The van der Waals surface area contributed by atoms with Crippen molar-refractivity contribution in [2.45, 2.75) is 51.6 Å². The number of fused-ring (bicyclic) bond motifs is 1. The Kier molecular flexibility index (Phi) is 5.29. The smallest absolute Gasteiger partial charge is 0.395 e. The number of Topliss-reactive ketones (excluding diaryl/α,β-unsaturated/α-hetero) is 1. The Morgan fingerprint density at radius 1 is 1.21 bits per heavy atom. The number of β-lactam (4-membered cyclic amide) rings is 1. The molecule has 0 spiro atoms. The van der Waals surface area contributed by atoms with Gasteiger partial charge in [-0.1, -0.05) is 24.3 Å². The van der Waals surface area contributed by atoms with Gasteiger partial charge in [-0.2, -0.15) is 0 Å². The lowest BCUT2D eigenvalue weighted by atomic mass is 9.69. The number of carbonyl (C=O) groups is 4. The molecule has 0 aromatic heterocycles. The van der Waals surface area contributed by atoms with E-state index in [-0.39, 0.29) is 5.78 Å². The van der Waals surface area contributed by atoms with Crippen LogP contribution in [0.2, 0.25) is 19.6 Å². The number of carbonyl (C=O) groups excluding carboxylic acids is 3. The molecule has 1 saturated heterocycles. The van der Waals surface area contributed by atoms with E-state index in [1.54, 1.807) is 19.1 Å². The summed E-state index contributed by atoms with van der Waals surface area (Å²) in [5.74, 6) is -5.01. The molecule has 0 radical (unpaired) electrons. The zero-order chi connectivity index (χ0) is 20.8. The number of carboxylic acid groups (broad SMARTS) is 1. The Bertz CT molecular complexity index is 845. The predicted molar refractivity (Wildman–Crippen MR) is 103 cm³/mol. The molecule has 1 N–H and O–H groups in total. The fraction of sp³-hybridized carbons (Fsp3) is 0.500. The lowest BCUT2D eigenvalue weighted by molar-refractivity contribution is -0.180. The molecule has 0 bridgehead atoms. The fourth-order valence-corrected chi connectivity index (χ4v) is 5.62. The lowest BCUT2D eigenvalue weighted by Gasteiger charge is -2.51. The van der Waals surface area contributed by atoms with Crippen molar-refractivity contribution in [1.82, 2.24) is 4.90 Å². The highest BCUT2D eigenvalue weighted by molar-refractivity contribution is 6.69. The summed E-state index contributed by atoms with van der Waals surface area (Å²) in [6.07, 6.45) is 0.613. The van der Waals surface area contributed by atoms with Crippen LogP contribution in [0.5, 0.6) is 0 Å². The molecule has 4 atom stereocenters. The Hall–Kier alpha value is -2.32. The molecule has 1 aliphatic carbocycles. The summed E-state index contributed by atoms with van der Waals surface area (Å²) >= 11 is 0. The van der Waals surface area contributed by atoms with Crippen LogP contribution >= 0.6 is 0 Å². The predicted octanol–water partition coefficient (Wildman–Crippen LogP) is 2.11. The maximum atomic E-state index is 13.1. The van der Waals surface area contributed by atoms with Gasteiger partial charge in [0.2, 0.25) is 5.91 Å². The third kappa shape index (κ3) is 3.54. The van der Waals surface area contributed by atoms with Crippen LogP contribution in [0.15, 0.2) is 24.3 Å². The van der Waals surface area contributed by atoms with Gasteiger partial charge in [0.1, 0.15) is 0 Å². The van der Waals surface area contributed by atoms with Crippen LogP contribution in [0, 0.1) is 11.8 Å². The van der Waals surface area contributed by atoms with Crippen LogP contribution in [0.3, 0.4) is 0 Å². The van der Waals surface area contributed by atoms with Gasteiger partial charge in [-0.25, -0.2) is 4.79 Å². The molecule has 1 fully saturated rings. The molecule has 7 nitrogen and oxygen atoms in total. The van der Waals surface area contributed by atoms with Gasteiger partial charge < -0.3 is 9.53 Å². The molecule has 2 aliphatic rings. The summed E-state index contributed by atoms with van der Waals surface area (Å²) in [4.78, 5) is 50.0. The number of carboxylic acids is 1. The van der Waals surface area contributed by atoms with Crippen LogP contribution in [0.4, 0.5) is 0 Å². The van der Waals surface area contributed by atoms with E-state index < -0.39 is 50.1 Å². The van der Waals surface area contributed by atoms with Gasteiger partial charge in [0.25, 0.3) is 0 Å². The second-order valence-electron chi connectivity index (χ2n) is 8.44. The molecule has 8 heteroatoms. The standard InChI is InChI=1S/C20H25NO6Si/c1-11(27-28(2,3)4)15-16(21(18(15)23)19(24)20(25)26)14-10-9-12-7-5-6-8-13(12)17(14)22/h5-8,11,14-16H,9-10H2,1-4H3,(H,25,26)/t11-,14-,15-,16-/m1/s1. The van der Waals surface area contributed by atoms with Crippen LogP contribution in [0.25, 0.3) is 0 Å². The molecule has 1 aliphatic heterocycles. The highest BCUT2D eigenvalue weighted by atomic mass is 28.4. The Labute approximate surface area is 164 Å². The van der Waals surface area contributed by atoms with Crippen molar-refractivity contribution in [3.05, 3.63) is 35.4 Å². The van der Waals surface area contributed by atoms with E-state index >= 15 is 0 Å². The molecule has 1 aromatic carbocycles. The average molecular weight is 404 g/mol. The number of likely N-dealkylation sites (tertiary alicyclic amines) is 1. The summed E-state index contributed by atoms with van der Waals surface area (Å²) in [6.45, 7) is 7.73. The van der Waals surface area contributed by atoms with Crippen molar-refractivity contribution < 1.29 is 28.7 Å². The number of benzene rings is 1. The minimum Gasteiger partial charge on any atom is -0.474 e. The van der Waals surface area contributed by atoms with Crippen LogP contribution in [-0.2, 0) is 25.2 Å². The third-order valence-electron chi connectivity index (χ3n) is 5.39. The summed E-state index contributed by atoms with van der Waals surface area (Å²) in [5.41, 5.74) is 1.52. The Morgan fingerprint density at radius 2 is 1.86 bits per heavy atom. The summed E-state index contributed by atoms with van der Waals surface area (Å²) in [6, 6.07) is 6.49. The molecule has 28 heavy (non-hydrogen) atoms. The first kappa shape index (κ1) is 20.4. The normalized spacial score (nSPS) is 25.7. The minimum atomic E-state index is -1.98. The summed E-state index contributed by atoms with van der Waals surface area (Å²) in [5, 5.41) is 9.13. The van der Waals surface area contributed by atoms with E-state index in [1.807, 2.05) is 31.8 Å². The minimum absolute atomic E-state index is 0.146.